The molecule has 3 rings (SSSR count). The highest BCUT2D eigenvalue weighted by Crippen LogP contribution is 2.30. The number of hydrogen-bond acceptors (Lipinski definition) is 4. The van der Waals surface area contributed by atoms with E-state index in [4.69, 9.17) is 14.2 Å². The molecule has 1 fully saturated rings. The Hall–Kier alpha value is -2.21. The third-order valence-corrected chi connectivity index (χ3v) is 5.43. The fourth-order valence-electron chi connectivity index (χ4n) is 3.70. The maximum Gasteiger partial charge on any atom is 0.230 e. The first-order valence-corrected chi connectivity index (χ1v) is 10.2. The zero-order chi connectivity index (χ0) is 20.6. The van der Waals surface area contributed by atoms with Crippen molar-refractivity contribution in [2.24, 2.45) is 11.8 Å². The SMILES string of the molecule is C[C@@H]1[C@H](OCc2ccccc2)[C@H](C(=O)N(C)C)CO[C@@H]1COCc1ccccc1. The zero-order valence-corrected chi connectivity index (χ0v) is 17.5. The van der Waals surface area contributed by atoms with Crippen LogP contribution in [0.4, 0.5) is 0 Å². The van der Waals surface area contributed by atoms with Crippen molar-refractivity contribution in [1.82, 2.24) is 4.90 Å². The number of nitrogens with zero attached hydrogens (tertiary/aromatic N) is 1. The minimum absolute atomic E-state index is 0.0390. The van der Waals surface area contributed by atoms with Gasteiger partial charge in [0.1, 0.15) is 0 Å². The van der Waals surface area contributed by atoms with Gasteiger partial charge in [-0.1, -0.05) is 67.6 Å². The van der Waals surface area contributed by atoms with E-state index in [-0.39, 0.29) is 30.0 Å². The molecule has 2 aromatic rings. The third kappa shape index (κ3) is 5.89. The normalized spacial score (nSPS) is 24.2. The highest BCUT2D eigenvalue weighted by molar-refractivity contribution is 5.79. The Bertz CT molecular complexity index is 750. The van der Waals surface area contributed by atoms with Crippen molar-refractivity contribution in [3.63, 3.8) is 0 Å². The second-order valence-corrected chi connectivity index (χ2v) is 7.83. The summed E-state index contributed by atoms with van der Waals surface area (Å²) in [5.41, 5.74) is 2.23. The number of carbonyl (C=O) groups is 1. The minimum Gasteiger partial charge on any atom is -0.375 e. The van der Waals surface area contributed by atoms with Crippen LogP contribution in [0, 0.1) is 11.8 Å². The molecule has 0 radical (unpaired) electrons. The minimum atomic E-state index is -0.311. The van der Waals surface area contributed by atoms with E-state index in [1.807, 2.05) is 60.7 Å². The summed E-state index contributed by atoms with van der Waals surface area (Å²) in [5.74, 6) is -0.232. The van der Waals surface area contributed by atoms with E-state index in [0.29, 0.717) is 26.4 Å². The molecule has 0 aromatic heterocycles. The topological polar surface area (TPSA) is 48.0 Å². The van der Waals surface area contributed by atoms with Crippen molar-refractivity contribution in [3.8, 4) is 0 Å². The van der Waals surface area contributed by atoms with Gasteiger partial charge in [0, 0.05) is 20.0 Å². The number of amides is 1. The fourth-order valence-corrected chi connectivity index (χ4v) is 3.70. The van der Waals surface area contributed by atoms with Crippen LogP contribution in [0.5, 0.6) is 0 Å². The Balaban J connectivity index is 1.62. The van der Waals surface area contributed by atoms with E-state index >= 15 is 0 Å². The largest absolute Gasteiger partial charge is 0.375 e. The Morgan fingerprint density at radius 1 is 1.00 bits per heavy atom. The van der Waals surface area contributed by atoms with Crippen LogP contribution in [0.1, 0.15) is 18.1 Å². The van der Waals surface area contributed by atoms with Gasteiger partial charge in [0.2, 0.25) is 5.91 Å². The summed E-state index contributed by atoms with van der Waals surface area (Å²) in [6.45, 7) is 3.93. The van der Waals surface area contributed by atoms with Crippen molar-refractivity contribution in [1.29, 1.82) is 0 Å². The maximum atomic E-state index is 12.7. The van der Waals surface area contributed by atoms with Crippen LogP contribution in [0.3, 0.4) is 0 Å². The van der Waals surface area contributed by atoms with E-state index < -0.39 is 0 Å². The highest BCUT2D eigenvalue weighted by atomic mass is 16.5. The van der Waals surface area contributed by atoms with E-state index in [9.17, 15) is 4.79 Å². The van der Waals surface area contributed by atoms with Crippen LogP contribution < -0.4 is 0 Å². The summed E-state index contributed by atoms with van der Waals surface area (Å²) in [6.07, 6.45) is -0.324. The molecule has 4 atom stereocenters. The summed E-state index contributed by atoms with van der Waals surface area (Å²) in [6, 6.07) is 20.1. The van der Waals surface area contributed by atoms with Crippen molar-refractivity contribution >= 4 is 5.91 Å². The van der Waals surface area contributed by atoms with Gasteiger partial charge >= 0.3 is 0 Å². The van der Waals surface area contributed by atoms with Gasteiger partial charge in [-0.25, -0.2) is 0 Å². The van der Waals surface area contributed by atoms with Crippen LogP contribution in [0.2, 0.25) is 0 Å². The quantitative estimate of drug-likeness (QED) is 0.684. The molecule has 0 N–H and O–H groups in total. The number of rotatable bonds is 8. The molecule has 0 aliphatic carbocycles. The van der Waals surface area contributed by atoms with Crippen molar-refractivity contribution in [2.75, 3.05) is 27.3 Å². The molecule has 1 heterocycles. The number of ether oxygens (including phenoxy) is 3. The van der Waals surface area contributed by atoms with Gasteiger partial charge in [0.05, 0.1) is 44.6 Å². The van der Waals surface area contributed by atoms with Crippen molar-refractivity contribution < 1.29 is 19.0 Å². The lowest BCUT2D eigenvalue weighted by atomic mass is 9.85. The molecule has 0 bridgehead atoms. The third-order valence-electron chi connectivity index (χ3n) is 5.43. The Morgan fingerprint density at radius 2 is 1.59 bits per heavy atom. The number of hydrogen-bond donors (Lipinski definition) is 0. The monoisotopic (exact) mass is 397 g/mol. The first-order chi connectivity index (χ1) is 14.1. The molecule has 1 aliphatic rings. The molecule has 1 saturated heterocycles. The predicted molar refractivity (Wildman–Crippen MR) is 112 cm³/mol. The zero-order valence-electron chi connectivity index (χ0n) is 17.5. The smallest absolute Gasteiger partial charge is 0.230 e. The lowest BCUT2D eigenvalue weighted by Gasteiger charge is -2.41. The van der Waals surface area contributed by atoms with Gasteiger partial charge in [-0.3, -0.25) is 4.79 Å². The highest BCUT2D eigenvalue weighted by Gasteiger charge is 2.42. The summed E-state index contributed by atoms with van der Waals surface area (Å²) >= 11 is 0. The lowest BCUT2D eigenvalue weighted by molar-refractivity contribution is -0.181. The summed E-state index contributed by atoms with van der Waals surface area (Å²) in [4.78, 5) is 14.3. The average Bonchev–Trinajstić information content (AvgIpc) is 2.75. The van der Waals surface area contributed by atoms with E-state index in [1.165, 1.54) is 0 Å². The van der Waals surface area contributed by atoms with Crippen molar-refractivity contribution in [2.45, 2.75) is 32.3 Å². The molecule has 1 aliphatic heterocycles. The first-order valence-electron chi connectivity index (χ1n) is 10.2. The van der Waals surface area contributed by atoms with Crippen LogP contribution in [-0.4, -0.2) is 50.3 Å². The van der Waals surface area contributed by atoms with Gasteiger partial charge in [-0.15, -0.1) is 0 Å². The van der Waals surface area contributed by atoms with Crippen molar-refractivity contribution in [3.05, 3.63) is 71.8 Å². The van der Waals surface area contributed by atoms with Gasteiger partial charge in [0.25, 0.3) is 0 Å². The van der Waals surface area contributed by atoms with Gasteiger partial charge in [0.15, 0.2) is 0 Å². The molecule has 2 aromatic carbocycles. The van der Waals surface area contributed by atoms with Crippen LogP contribution >= 0.6 is 0 Å². The van der Waals surface area contributed by atoms with Gasteiger partial charge in [-0.05, 0) is 11.1 Å². The van der Waals surface area contributed by atoms with Crippen LogP contribution in [0.25, 0.3) is 0 Å². The van der Waals surface area contributed by atoms with Gasteiger partial charge in [-0.2, -0.15) is 0 Å². The van der Waals surface area contributed by atoms with E-state index in [1.54, 1.807) is 19.0 Å². The second kappa shape index (κ2) is 10.5. The molecule has 5 nitrogen and oxygen atoms in total. The summed E-state index contributed by atoms with van der Waals surface area (Å²) < 4.78 is 18.2. The van der Waals surface area contributed by atoms with Crippen LogP contribution in [-0.2, 0) is 32.2 Å². The molecule has 0 saturated carbocycles. The molecule has 156 valence electrons. The Kier molecular flexibility index (Phi) is 7.81. The van der Waals surface area contributed by atoms with Gasteiger partial charge < -0.3 is 19.1 Å². The molecule has 29 heavy (non-hydrogen) atoms. The standard InChI is InChI=1S/C24H31NO4/c1-18-22(17-27-14-19-10-6-4-7-11-19)28-16-21(24(26)25(2)3)23(18)29-15-20-12-8-5-9-13-20/h4-13,18,21-23H,14-17H2,1-3H3/t18-,21+,22+,23-/m0/s1. The molecule has 0 spiro atoms. The molecule has 0 unspecified atom stereocenters. The van der Waals surface area contributed by atoms with Crippen LogP contribution in [0.15, 0.2) is 60.7 Å². The second-order valence-electron chi connectivity index (χ2n) is 7.83. The Labute approximate surface area is 173 Å². The summed E-state index contributed by atoms with van der Waals surface area (Å²) in [5, 5.41) is 0. The first kappa shape index (κ1) is 21.5. The molecule has 5 heteroatoms. The maximum absolute atomic E-state index is 12.7. The van der Waals surface area contributed by atoms with E-state index in [2.05, 4.69) is 6.92 Å². The summed E-state index contributed by atoms with van der Waals surface area (Å²) in [7, 11) is 3.55. The fraction of sp³-hybridized carbons (Fsp3) is 0.458. The molecular weight excluding hydrogens is 366 g/mol. The number of benzene rings is 2. The van der Waals surface area contributed by atoms with E-state index in [0.717, 1.165) is 11.1 Å². The lowest BCUT2D eigenvalue weighted by Crippen LogP contribution is -2.52. The average molecular weight is 398 g/mol. The Morgan fingerprint density at radius 3 is 2.17 bits per heavy atom. The molecular formula is C24H31NO4. The predicted octanol–water partition coefficient (Wildman–Crippen LogP) is 3.53. The number of carbonyl (C=O) groups excluding carboxylic acids is 1. The molecule has 1 amide bonds.